The minimum atomic E-state index is -4.18. The molecule has 132 valence electrons. The minimum Gasteiger partial charge on any atom is -0.468 e. The third-order valence-electron chi connectivity index (χ3n) is 3.51. The lowest BCUT2D eigenvalue weighted by molar-refractivity contribution is -0.132. The molecule has 1 atom stereocenters. The van der Waals surface area contributed by atoms with Crippen LogP contribution in [0.25, 0.3) is 0 Å². The average molecular weight is 334 g/mol. The Kier molecular flexibility index (Phi) is 7.94. The maximum atomic E-state index is 12.2. The quantitative estimate of drug-likeness (QED) is 0.567. The second-order valence-electron chi connectivity index (χ2n) is 5.00. The zero-order valence-corrected chi connectivity index (χ0v) is 13.8. The highest BCUT2D eigenvalue weighted by molar-refractivity contribution is 5.79. The first-order valence-corrected chi connectivity index (χ1v) is 7.70. The Hall–Kier alpha value is -1.70. The molecule has 0 aliphatic rings. The smallest absolute Gasteiger partial charge is 0.390 e. The molecule has 0 aromatic carbocycles. The van der Waals surface area contributed by atoms with Gasteiger partial charge in [-0.2, -0.15) is 13.2 Å². The highest BCUT2D eigenvalue weighted by atomic mass is 19.4. The number of hydrogen-bond donors (Lipinski definition) is 2. The summed E-state index contributed by atoms with van der Waals surface area (Å²) in [5.74, 6) is 1.16. The van der Waals surface area contributed by atoms with Gasteiger partial charge in [0.1, 0.15) is 5.76 Å². The summed E-state index contributed by atoms with van der Waals surface area (Å²) in [6.45, 7) is 6.06. The van der Waals surface area contributed by atoms with E-state index >= 15 is 0 Å². The molecule has 23 heavy (non-hydrogen) atoms. The first-order valence-electron chi connectivity index (χ1n) is 7.70. The molecule has 0 amide bonds. The first kappa shape index (κ1) is 19.3. The number of nitrogens with one attached hydrogen (secondary N) is 2. The van der Waals surface area contributed by atoms with Gasteiger partial charge in [0.15, 0.2) is 5.96 Å². The fourth-order valence-corrected chi connectivity index (χ4v) is 2.29. The van der Waals surface area contributed by atoms with Crippen LogP contribution in [0.1, 0.15) is 32.1 Å². The van der Waals surface area contributed by atoms with Crippen LogP contribution in [-0.4, -0.2) is 50.3 Å². The van der Waals surface area contributed by atoms with Crippen LogP contribution in [0.4, 0.5) is 13.2 Å². The van der Waals surface area contributed by atoms with Crippen molar-refractivity contribution in [2.45, 2.75) is 32.5 Å². The van der Waals surface area contributed by atoms with E-state index in [4.69, 9.17) is 4.42 Å². The highest BCUT2D eigenvalue weighted by Gasteiger charge is 2.26. The van der Waals surface area contributed by atoms with Crippen LogP contribution in [0.2, 0.25) is 0 Å². The lowest BCUT2D eigenvalue weighted by Gasteiger charge is -2.28. The highest BCUT2D eigenvalue weighted by Crippen LogP contribution is 2.20. The Morgan fingerprint density at radius 3 is 2.48 bits per heavy atom. The van der Waals surface area contributed by atoms with Gasteiger partial charge in [-0.3, -0.25) is 9.89 Å². The number of furan rings is 1. The predicted octanol–water partition coefficient (Wildman–Crippen LogP) is 2.78. The zero-order chi connectivity index (χ0) is 17.3. The van der Waals surface area contributed by atoms with E-state index in [1.165, 1.54) is 7.05 Å². The molecule has 1 heterocycles. The van der Waals surface area contributed by atoms with E-state index in [1.54, 1.807) is 6.26 Å². The van der Waals surface area contributed by atoms with E-state index in [0.29, 0.717) is 12.5 Å². The van der Waals surface area contributed by atoms with Gasteiger partial charge in [-0.15, -0.1) is 0 Å². The van der Waals surface area contributed by atoms with Crippen molar-refractivity contribution in [3.05, 3.63) is 24.2 Å². The third-order valence-corrected chi connectivity index (χ3v) is 3.51. The number of guanidine groups is 1. The van der Waals surface area contributed by atoms with Crippen molar-refractivity contribution in [2.24, 2.45) is 4.99 Å². The van der Waals surface area contributed by atoms with E-state index in [0.717, 1.165) is 18.8 Å². The van der Waals surface area contributed by atoms with E-state index in [2.05, 4.69) is 34.4 Å². The molecule has 0 aliphatic heterocycles. The minimum absolute atomic E-state index is 0.0128. The molecular formula is C15H25F3N4O. The summed E-state index contributed by atoms with van der Waals surface area (Å²) in [4.78, 5) is 6.15. The molecule has 0 fully saturated rings. The fraction of sp³-hybridized carbons (Fsp3) is 0.667. The summed E-state index contributed by atoms with van der Waals surface area (Å²) in [6, 6.07) is 3.70. The summed E-state index contributed by atoms with van der Waals surface area (Å²) in [5.41, 5.74) is 0. The van der Waals surface area contributed by atoms with Crippen molar-refractivity contribution < 1.29 is 17.6 Å². The van der Waals surface area contributed by atoms with Gasteiger partial charge >= 0.3 is 6.18 Å². The number of hydrogen-bond acceptors (Lipinski definition) is 3. The van der Waals surface area contributed by atoms with E-state index in [9.17, 15) is 13.2 Å². The van der Waals surface area contributed by atoms with E-state index in [1.807, 2.05) is 12.1 Å². The number of likely N-dealkylation sites (N-methyl/N-ethyl adjacent to an activating group) is 1. The van der Waals surface area contributed by atoms with Crippen LogP contribution >= 0.6 is 0 Å². The Morgan fingerprint density at radius 2 is 2.00 bits per heavy atom. The molecule has 0 spiro atoms. The van der Waals surface area contributed by atoms with Crippen LogP contribution < -0.4 is 10.6 Å². The van der Waals surface area contributed by atoms with Gasteiger partial charge in [-0.25, -0.2) is 0 Å². The standard InChI is InChI=1S/C15H25F3N4O/c1-4-22(5-2)12(13-7-6-10-23-13)11-21-14(19-3)20-9-8-15(16,17)18/h6-7,10,12H,4-5,8-9,11H2,1-3H3,(H2,19,20,21). The molecule has 0 aliphatic carbocycles. The number of rotatable bonds is 8. The lowest BCUT2D eigenvalue weighted by atomic mass is 10.2. The largest absolute Gasteiger partial charge is 0.468 e. The zero-order valence-electron chi connectivity index (χ0n) is 13.8. The second-order valence-corrected chi connectivity index (χ2v) is 5.00. The molecular weight excluding hydrogens is 309 g/mol. The normalized spacial score (nSPS) is 14.1. The fourth-order valence-electron chi connectivity index (χ4n) is 2.29. The van der Waals surface area contributed by atoms with Crippen LogP contribution in [-0.2, 0) is 0 Å². The van der Waals surface area contributed by atoms with Gasteiger partial charge in [-0.1, -0.05) is 13.8 Å². The summed E-state index contributed by atoms with van der Waals surface area (Å²) in [6.07, 6.45) is -3.46. The van der Waals surface area contributed by atoms with E-state index in [-0.39, 0.29) is 12.6 Å². The van der Waals surface area contributed by atoms with Crippen molar-refractivity contribution in [1.29, 1.82) is 0 Å². The van der Waals surface area contributed by atoms with Gasteiger partial charge in [0.05, 0.1) is 18.7 Å². The lowest BCUT2D eigenvalue weighted by Crippen LogP contribution is -2.43. The molecule has 2 N–H and O–H groups in total. The summed E-state index contributed by atoms with van der Waals surface area (Å²) in [5, 5.41) is 5.73. The summed E-state index contributed by atoms with van der Waals surface area (Å²) < 4.78 is 42.0. The molecule has 8 heteroatoms. The maximum Gasteiger partial charge on any atom is 0.390 e. The topological polar surface area (TPSA) is 52.8 Å². The van der Waals surface area contributed by atoms with Crippen molar-refractivity contribution in [3.8, 4) is 0 Å². The predicted molar refractivity (Wildman–Crippen MR) is 84.4 cm³/mol. The SMILES string of the molecule is CCN(CC)C(CNC(=NC)NCCC(F)(F)F)c1ccco1. The Balaban J connectivity index is 2.59. The molecule has 1 rings (SSSR count). The molecule has 1 unspecified atom stereocenters. The Bertz CT molecular complexity index is 456. The number of nitrogens with zero attached hydrogens (tertiary/aromatic N) is 2. The van der Waals surface area contributed by atoms with Crippen molar-refractivity contribution >= 4 is 5.96 Å². The summed E-state index contributed by atoms with van der Waals surface area (Å²) >= 11 is 0. The number of alkyl halides is 3. The number of halogens is 3. The molecule has 0 radical (unpaired) electrons. The Labute approximate surface area is 134 Å². The molecule has 0 saturated heterocycles. The average Bonchev–Trinajstić information content (AvgIpc) is 3.02. The maximum absolute atomic E-state index is 12.2. The molecule has 1 aromatic rings. The second kappa shape index (κ2) is 9.44. The molecule has 0 saturated carbocycles. The molecule has 5 nitrogen and oxygen atoms in total. The first-order chi connectivity index (χ1) is 10.9. The molecule has 0 bridgehead atoms. The van der Waals surface area contributed by atoms with Crippen molar-refractivity contribution in [2.75, 3.05) is 33.2 Å². The summed E-state index contributed by atoms with van der Waals surface area (Å²) in [7, 11) is 1.53. The van der Waals surface area contributed by atoms with Crippen LogP contribution in [0, 0.1) is 0 Å². The van der Waals surface area contributed by atoms with Crippen molar-refractivity contribution in [3.63, 3.8) is 0 Å². The van der Waals surface area contributed by atoms with Gasteiger partial charge < -0.3 is 15.1 Å². The number of aliphatic imine (C=N–C) groups is 1. The van der Waals surface area contributed by atoms with Gasteiger partial charge in [0.25, 0.3) is 0 Å². The monoisotopic (exact) mass is 334 g/mol. The van der Waals surface area contributed by atoms with Gasteiger partial charge in [0.2, 0.25) is 0 Å². The Morgan fingerprint density at radius 1 is 1.30 bits per heavy atom. The van der Waals surface area contributed by atoms with Crippen LogP contribution in [0.3, 0.4) is 0 Å². The van der Waals surface area contributed by atoms with Crippen LogP contribution in [0.15, 0.2) is 27.8 Å². The van der Waals surface area contributed by atoms with E-state index < -0.39 is 12.6 Å². The van der Waals surface area contributed by atoms with Crippen LogP contribution in [0.5, 0.6) is 0 Å². The molecule has 1 aromatic heterocycles. The third kappa shape index (κ3) is 6.94. The van der Waals surface area contributed by atoms with Gasteiger partial charge in [0, 0.05) is 20.1 Å². The van der Waals surface area contributed by atoms with Crippen molar-refractivity contribution in [1.82, 2.24) is 15.5 Å². The van der Waals surface area contributed by atoms with Gasteiger partial charge in [-0.05, 0) is 25.2 Å².